The van der Waals surface area contributed by atoms with Gasteiger partial charge in [0.2, 0.25) is 0 Å². The Balaban J connectivity index is 1.67. The van der Waals surface area contributed by atoms with Crippen molar-refractivity contribution in [2.45, 2.75) is 26.2 Å². The molecular formula is C25H27N3O4S. The van der Waals surface area contributed by atoms with Gasteiger partial charge in [-0.05, 0) is 66.5 Å². The summed E-state index contributed by atoms with van der Waals surface area (Å²) in [5.74, 6) is -0.0599. The predicted octanol–water partition coefficient (Wildman–Crippen LogP) is 3.70. The topological polar surface area (TPSA) is 71.1 Å². The van der Waals surface area contributed by atoms with E-state index in [1.165, 1.54) is 30.4 Å². The van der Waals surface area contributed by atoms with Crippen LogP contribution in [0.1, 0.15) is 30.9 Å². The van der Waals surface area contributed by atoms with Crippen LogP contribution in [-0.2, 0) is 16.0 Å². The van der Waals surface area contributed by atoms with E-state index in [9.17, 15) is 9.59 Å². The molecule has 33 heavy (non-hydrogen) atoms. The van der Waals surface area contributed by atoms with Crippen LogP contribution in [0.25, 0.3) is 6.08 Å². The molecule has 1 saturated heterocycles. The molecular weight excluding hydrogens is 438 g/mol. The van der Waals surface area contributed by atoms with Gasteiger partial charge in [0.25, 0.3) is 11.8 Å². The third-order valence-corrected chi connectivity index (χ3v) is 6.20. The minimum atomic E-state index is -0.520. The SMILES string of the molecule is CCCCN1CCc2cc(C=C3C(=O)NC(=S)N(c4cc(OC)ccc4OC)C3=O)ccc21. The number of rotatable bonds is 7. The lowest BCUT2D eigenvalue weighted by Gasteiger charge is -2.30. The van der Waals surface area contributed by atoms with Crippen LogP contribution < -0.4 is 24.6 Å². The summed E-state index contributed by atoms with van der Waals surface area (Å²) in [6.07, 6.45) is 4.88. The van der Waals surface area contributed by atoms with Gasteiger partial charge in [-0.2, -0.15) is 0 Å². The molecule has 0 radical (unpaired) electrons. The molecule has 2 heterocycles. The van der Waals surface area contributed by atoms with Gasteiger partial charge in [-0.3, -0.25) is 14.9 Å². The number of unbranched alkanes of at least 4 members (excludes halogenated alkanes) is 1. The van der Waals surface area contributed by atoms with Crippen molar-refractivity contribution in [3.8, 4) is 11.5 Å². The number of hydrogen-bond acceptors (Lipinski definition) is 6. The van der Waals surface area contributed by atoms with Gasteiger partial charge in [-0.15, -0.1) is 0 Å². The van der Waals surface area contributed by atoms with Crippen LogP contribution in [0.15, 0.2) is 42.0 Å². The average Bonchev–Trinajstić information content (AvgIpc) is 3.22. The first-order chi connectivity index (χ1) is 16.0. The number of thiocarbonyl (C=S) groups is 1. The summed E-state index contributed by atoms with van der Waals surface area (Å²) >= 11 is 5.32. The maximum atomic E-state index is 13.4. The van der Waals surface area contributed by atoms with E-state index in [2.05, 4.69) is 29.3 Å². The summed E-state index contributed by atoms with van der Waals surface area (Å²) in [6.45, 7) is 4.22. The Morgan fingerprint density at radius 1 is 1.09 bits per heavy atom. The van der Waals surface area contributed by atoms with E-state index < -0.39 is 11.8 Å². The van der Waals surface area contributed by atoms with Crippen molar-refractivity contribution in [1.82, 2.24) is 5.32 Å². The van der Waals surface area contributed by atoms with Crippen LogP contribution in [0.4, 0.5) is 11.4 Å². The minimum absolute atomic E-state index is 0.00535. The van der Waals surface area contributed by atoms with Crippen LogP contribution in [-0.4, -0.2) is 44.2 Å². The molecule has 0 bridgehead atoms. The Morgan fingerprint density at radius 3 is 2.64 bits per heavy atom. The number of hydrogen-bond donors (Lipinski definition) is 1. The molecule has 2 aromatic carbocycles. The highest BCUT2D eigenvalue weighted by molar-refractivity contribution is 7.80. The summed E-state index contributed by atoms with van der Waals surface area (Å²) in [4.78, 5) is 29.8. The summed E-state index contributed by atoms with van der Waals surface area (Å²) in [5, 5.41) is 2.62. The Bertz CT molecular complexity index is 1140. The van der Waals surface area contributed by atoms with Gasteiger partial charge in [0.1, 0.15) is 17.1 Å². The lowest BCUT2D eigenvalue weighted by atomic mass is 10.0. The summed E-state index contributed by atoms with van der Waals surface area (Å²) in [6, 6.07) is 11.1. The lowest BCUT2D eigenvalue weighted by molar-refractivity contribution is -0.122. The smallest absolute Gasteiger partial charge is 0.270 e. The third-order valence-electron chi connectivity index (χ3n) is 5.92. The highest BCUT2D eigenvalue weighted by atomic mass is 32.1. The average molecular weight is 466 g/mol. The van der Waals surface area contributed by atoms with Crippen molar-refractivity contribution in [1.29, 1.82) is 0 Å². The molecule has 0 atom stereocenters. The highest BCUT2D eigenvalue weighted by Crippen LogP contribution is 2.35. The quantitative estimate of drug-likeness (QED) is 0.382. The van der Waals surface area contributed by atoms with Crippen molar-refractivity contribution in [2.24, 2.45) is 0 Å². The standard InChI is InChI=1S/C25H27N3O4S/c1-4-5-11-27-12-10-17-13-16(6-8-20(17)27)14-19-23(29)26-25(33)28(24(19)30)21-15-18(31-2)7-9-22(21)32-3/h6-9,13-15H,4-5,10-12H2,1-3H3,(H,26,29,33). The normalized spacial score (nSPS) is 16.8. The largest absolute Gasteiger partial charge is 0.497 e. The second-order valence-corrected chi connectivity index (χ2v) is 8.36. The van der Waals surface area contributed by atoms with E-state index in [4.69, 9.17) is 21.7 Å². The molecule has 0 aromatic heterocycles. The van der Waals surface area contributed by atoms with Crippen molar-refractivity contribution in [2.75, 3.05) is 37.1 Å². The number of nitrogens with zero attached hydrogens (tertiary/aromatic N) is 2. The van der Waals surface area contributed by atoms with E-state index in [1.807, 2.05) is 6.07 Å². The Labute approximate surface area is 199 Å². The first-order valence-corrected chi connectivity index (χ1v) is 11.4. The van der Waals surface area contributed by atoms with E-state index >= 15 is 0 Å². The van der Waals surface area contributed by atoms with Gasteiger partial charge in [0.05, 0.1) is 19.9 Å². The van der Waals surface area contributed by atoms with Crippen molar-refractivity contribution in [3.05, 3.63) is 53.1 Å². The fraction of sp³-hybridized carbons (Fsp3) is 0.320. The first kappa shape index (κ1) is 22.8. The van der Waals surface area contributed by atoms with Crippen molar-refractivity contribution in [3.63, 3.8) is 0 Å². The zero-order valence-corrected chi connectivity index (χ0v) is 19.8. The lowest BCUT2D eigenvalue weighted by Crippen LogP contribution is -2.54. The fourth-order valence-corrected chi connectivity index (χ4v) is 4.45. The number of amides is 2. The molecule has 172 valence electrons. The molecule has 7 nitrogen and oxygen atoms in total. The number of benzene rings is 2. The Morgan fingerprint density at radius 2 is 1.91 bits per heavy atom. The zero-order chi connectivity index (χ0) is 23.5. The number of fused-ring (bicyclic) bond motifs is 1. The molecule has 0 aliphatic carbocycles. The molecule has 0 unspecified atom stereocenters. The van der Waals surface area contributed by atoms with Gasteiger partial charge < -0.3 is 14.4 Å². The molecule has 0 saturated carbocycles. The van der Waals surface area contributed by atoms with Gasteiger partial charge in [-0.25, -0.2) is 4.90 Å². The van der Waals surface area contributed by atoms with Crippen LogP contribution in [0.3, 0.4) is 0 Å². The monoisotopic (exact) mass is 465 g/mol. The predicted molar refractivity (Wildman–Crippen MR) is 133 cm³/mol. The van der Waals surface area contributed by atoms with Crippen LogP contribution in [0.5, 0.6) is 11.5 Å². The molecule has 2 aliphatic rings. The number of methoxy groups -OCH3 is 2. The maximum absolute atomic E-state index is 13.4. The van der Waals surface area contributed by atoms with E-state index in [0.717, 1.165) is 37.9 Å². The molecule has 4 rings (SSSR count). The summed E-state index contributed by atoms with van der Waals surface area (Å²) < 4.78 is 10.7. The van der Waals surface area contributed by atoms with E-state index in [-0.39, 0.29) is 10.7 Å². The van der Waals surface area contributed by atoms with Gasteiger partial charge in [0, 0.05) is 24.8 Å². The molecule has 2 aromatic rings. The maximum Gasteiger partial charge on any atom is 0.270 e. The second-order valence-electron chi connectivity index (χ2n) is 7.97. The van der Waals surface area contributed by atoms with Gasteiger partial charge >= 0.3 is 0 Å². The summed E-state index contributed by atoms with van der Waals surface area (Å²) in [5.41, 5.74) is 3.67. The summed E-state index contributed by atoms with van der Waals surface area (Å²) in [7, 11) is 3.04. The second kappa shape index (κ2) is 9.62. The Kier molecular flexibility index (Phi) is 6.65. The number of nitrogens with one attached hydrogen (secondary N) is 1. The molecule has 1 N–H and O–H groups in total. The van der Waals surface area contributed by atoms with Gasteiger partial charge in [0.15, 0.2) is 5.11 Å². The van der Waals surface area contributed by atoms with Crippen LogP contribution in [0.2, 0.25) is 0 Å². The first-order valence-electron chi connectivity index (χ1n) is 11.0. The van der Waals surface area contributed by atoms with Crippen LogP contribution in [0, 0.1) is 0 Å². The van der Waals surface area contributed by atoms with Gasteiger partial charge in [-0.1, -0.05) is 19.4 Å². The minimum Gasteiger partial charge on any atom is -0.497 e. The zero-order valence-electron chi connectivity index (χ0n) is 19.0. The van der Waals surface area contributed by atoms with Crippen LogP contribution >= 0.6 is 12.2 Å². The molecule has 8 heteroatoms. The number of ether oxygens (including phenoxy) is 2. The molecule has 2 amide bonds. The Hall–Kier alpha value is -3.39. The third kappa shape index (κ3) is 4.43. The highest BCUT2D eigenvalue weighted by Gasteiger charge is 2.36. The number of carbonyl (C=O) groups is 2. The molecule has 0 spiro atoms. The van der Waals surface area contributed by atoms with Crippen molar-refractivity contribution >= 4 is 46.6 Å². The molecule has 1 fully saturated rings. The van der Waals surface area contributed by atoms with E-state index in [0.29, 0.717) is 17.2 Å². The fourth-order valence-electron chi connectivity index (χ4n) is 4.18. The number of carbonyl (C=O) groups excluding carboxylic acids is 2. The molecule has 2 aliphatic heterocycles. The number of anilines is 2. The van der Waals surface area contributed by atoms with E-state index in [1.54, 1.807) is 24.3 Å². The van der Waals surface area contributed by atoms with Crippen molar-refractivity contribution < 1.29 is 19.1 Å².